The van der Waals surface area contributed by atoms with Gasteiger partial charge in [0.25, 0.3) is 0 Å². The average Bonchev–Trinajstić information content (AvgIpc) is 2.90. The van der Waals surface area contributed by atoms with Crippen molar-refractivity contribution >= 4 is 26.7 Å². The first-order valence-corrected chi connectivity index (χ1v) is 13.4. The van der Waals surface area contributed by atoms with Gasteiger partial charge in [0.2, 0.25) is 15.9 Å². The summed E-state index contributed by atoms with van der Waals surface area (Å²) >= 11 is 0. The molecule has 1 aromatic carbocycles. The van der Waals surface area contributed by atoms with Gasteiger partial charge in [-0.3, -0.25) is 4.98 Å². The van der Waals surface area contributed by atoms with Crippen LogP contribution in [0, 0.1) is 0 Å². The van der Waals surface area contributed by atoms with Crippen LogP contribution in [0.2, 0.25) is 0 Å². The number of ether oxygens (including phenoxy) is 3. The zero-order chi connectivity index (χ0) is 24.3. The summed E-state index contributed by atoms with van der Waals surface area (Å²) < 4.78 is 45.4. The van der Waals surface area contributed by atoms with Gasteiger partial charge in [0.05, 0.1) is 36.1 Å². The molecule has 186 valence electrons. The van der Waals surface area contributed by atoms with E-state index in [0.29, 0.717) is 37.7 Å². The third kappa shape index (κ3) is 5.50. The number of anilines is 1. The second kappa shape index (κ2) is 10.3. The summed E-state index contributed by atoms with van der Waals surface area (Å²) in [6.07, 6.45) is 4.60. The molecule has 1 saturated carbocycles. The largest absolute Gasteiger partial charge is 0.497 e. The van der Waals surface area contributed by atoms with Crippen molar-refractivity contribution in [3.8, 4) is 11.6 Å². The normalized spacial score (nSPS) is 21.1. The third-order valence-electron chi connectivity index (χ3n) is 6.53. The molecule has 5 rings (SSSR count). The number of fused-ring (bicyclic) bond motifs is 1. The Balaban J connectivity index is 1.25. The maximum absolute atomic E-state index is 12.8. The lowest BCUT2D eigenvalue weighted by Gasteiger charge is -2.30. The Morgan fingerprint density at radius 1 is 1.06 bits per heavy atom. The van der Waals surface area contributed by atoms with Crippen molar-refractivity contribution in [3.63, 3.8) is 0 Å². The first kappa shape index (κ1) is 23.8. The van der Waals surface area contributed by atoms with Gasteiger partial charge in [-0.2, -0.15) is 4.98 Å². The maximum Gasteiger partial charge on any atom is 0.240 e. The summed E-state index contributed by atoms with van der Waals surface area (Å²) in [5.74, 6) is 2.05. The van der Waals surface area contributed by atoms with Gasteiger partial charge in [0, 0.05) is 31.4 Å². The molecule has 2 fully saturated rings. The molecule has 0 amide bonds. The maximum atomic E-state index is 12.8. The van der Waals surface area contributed by atoms with Gasteiger partial charge in [0.15, 0.2) is 0 Å². The second-order valence-corrected chi connectivity index (χ2v) is 10.6. The van der Waals surface area contributed by atoms with Gasteiger partial charge in [-0.25, -0.2) is 13.1 Å². The summed E-state index contributed by atoms with van der Waals surface area (Å²) in [7, 11) is -2.04. The first-order chi connectivity index (χ1) is 17.0. The standard InChI is InChI=1S/C25H30N4O5S/c1-32-19-8-10-21(11-9-19)35(30,31)28-18-4-6-20(7-5-18)34-25-22-3-2-12-26-23(22)17-24(27-25)29-13-15-33-16-14-29/h2-3,8-12,17-18,20,28H,4-7,13-16H2,1H3. The van der Waals surface area contributed by atoms with Gasteiger partial charge in [-0.1, -0.05) is 0 Å². The summed E-state index contributed by atoms with van der Waals surface area (Å²) in [5.41, 5.74) is 0.847. The molecule has 10 heteroatoms. The average molecular weight is 499 g/mol. The number of nitrogens with one attached hydrogen (secondary N) is 1. The number of benzene rings is 1. The summed E-state index contributed by atoms with van der Waals surface area (Å²) in [4.78, 5) is 11.8. The summed E-state index contributed by atoms with van der Waals surface area (Å²) in [5, 5.41) is 0.881. The van der Waals surface area contributed by atoms with Crippen LogP contribution in [0.4, 0.5) is 5.82 Å². The molecule has 3 heterocycles. The lowest BCUT2D eigenvalue weighted by atomic mass is 9.94. The summed E-state index contributed by atoms with van der Waals surface area (Å²) in [6, 6.07) is 12.1. The minimum Gasteiger partial charge on any atom is -0.497 e. The van der Waals surface area contributed by atoms with Crippen molar-refractivity contribution in [3.05, 3.63) is 48.7 Å². The van der Waals surface area contributed by atoms with E-state index in [-0.39, 0.29) is 17.0 Å². The number of pyridine rings is 2. The monoisotopic (exact) mass is 498 g/mol. The predicted molar refractivity (Wildman–Crippen MR) is 133 cm³/mol. The Kier molecular flexibility index (Phi) is 7.03. The van der Waals surface area contributed by atoms with Gasteiger partial charge < -0.3 is 19.1 Å². The number of rotatable bonds is 7. The highest BCUT2D eigenvalue weighted by molar-refractivity contribution is 7.89. The Morgan fingerprint density at radius 2 is 1.80 bits per heavy atom. The first-order valence-electron chi connectivity index (χ1n) is 11.9. The topological polar surface area (TPSA) is 103 Å². The van der Waals surface area contributed by atoms with Gasteiger partial charge in [0.1, 0.15) is 17.7 Å². The highest BCUT2D eigenvalue weighted by Gasteiger charge is 2.28. The van der Waals surface area contributed by atoms with E-state index in [0.717, 1.165) is 42.7 Å². The molecule has 2 aliphatic rings. The van der Waals surface area contributed by atoms with Crippen LogP contribution in [0.5, 0.6) is 11.6 Å². The molecule has 0 unspecified atom stereocenters. The predicted octanol–water partition coefficient (Wildman–Crippen LogP) is 3.14. The van der Waals surface area contributed by atoms with E-state index < -0.39 is 10.0 Å². The van der Waals surface area contributed by atoms with Crippen LogP contribution in [-0.2, 0) is 14.8 Å². The van der Waals surface area contributed by atoms with E-state index >= 15 is 0 Å². The number of hydrogen-bond donors (Lipinski definition) is 1. The highest BCUT2D eigenvalue weighted by atomic mass is 32.2. The van der Waals surface area contributed by atoms with Crippen molar-refractivity contribution in [1.29, 1.82) is 0 Å². The van der Waals surface area contributed by atoms with Crippen molar-refractivity contribution < 1.29 is 22.6 Å². The Morgan fingerprint density at radius 3 is 2.51 bits per heavy atom. The number of methoxy groups -OCH3 is 1. The fraction of sp³-hybridized carbons (Fsp3) is 0.440. The van der Waals surface area contributed by atoms with E-state index in [1.165, 1.54) is 0 Å². The fourth-order valence-corrected chi connectivity index (χ4v) is 5.88. The van der Waals surface area contributed by atoms with Crippen LogP contribution in [-0.4, -0.2) is 63.9 Å². The highest BCUT2D eigenvalue weighted by Crippen LogP contribution is 2.31. The lowest BCUT2D eigenvalue weighted by Crippen LogP contribution is -2.39. The zero-order valence-electron chi connectivity index (χ0n) is 19.7. The minimum absolute atomic E-state index is 0.0346. The van der Waals surface area contributed by atoms with E-state index in [1.54, 1.807) is 37.6 Å². The molecule has 1 N–H and O–H groups in total. The molecular formula is C25H30N4O5S. The molecule has 1 saturated heterocycles. The molecule has 35 heavy (non-hydrogen) atoms. The molecular weight excluding hydrogens is 468 g/mol. The molecule has 1 aliphatic carbocycles. The van der Waals surface area contributed by atoms with Crippen LogP contribution in [0.3, 0.4) is 0 Å². The molecule has 9 nitrogen and oxygen atoms in total. The van der Waals surface area contributed by atoms with Crippen molar-refractivity contribution in [2.75, 3.05) is 38.3 Å². The van der Waals surface area contributed by atoms with Gasteiger partial charge in [-0.15, -0.1) is 0 Å². The number of hydrogen-bond acceptors (Lipinski definition) is 8. The third-order valence-corrected chi connectivity index (χ3v) is 8.07. The lowest BCUT2D eigenvalue weighted by molar-refractivity contribution is 0.121. The number of aromatic nitrogens is 2. The van der Waals surface area contributed by atoms with Crippen LogP contribution in [0.1, 0.15) is 25.7 Å². The van der Waals surface area contributed by atoms with E-state index in [9.17, 15) is 8.42 Å². The van der Waals surface area contributed by atoms with Crippen molar-refractivity contribution in [1.82, 2.24) is 14.7 Å². The van der Waals surface area contributed by atoms with Gasteiger partial charge >= 0.3 is 0 Å². The molecule has 0 atom stereocenters. The Labute approximate surface area is 205 Å². The molecule has 1 aliphatic heterocycles. The van der Waals surface area contributed by atoms with Crippen LogP contribution in [0.15, 0.2) is 53.6 Å². The van der Waals surface area contributed by atoms with E-state index in [1.807, 2.05) is 18.2 Å². The molecule has 0 spiro atoms. The number of morpholine rings is 1. The molecule has 0 radical (unpaired) electrons. The molecule has 3 aromatic rings. The second-order valence-electron chi connectivity index (χ2n) is 8.84. The van der Waals surface area contributed by atoms with E-state index in [4.69, 9.17) is 19.2 Å². The van der Waals surface area contributed by atoms with Crippen LogP contribution >= 0.6 is 0 Å². The number of nitrogens with zero attached hydrogens (tertiary/aromatic N) is 3. The quantitative estimate of drug-likeness (QED) is 0.530. The Bertz CT molecular complexity index is 1250. The van der Waals surface area contributed by atoms with Crippen molar-refractivity contribution in [2.24, 2.45) is 0 Å². The molecule has 0 bridgehead atoms. The number of sulfonamides is 1. The SMILES string of the molecule is COc1ccc(S(=O)(=O)NC2CCC(Oc3nc(N4CCOCC4)cc4ncccc34)CC2)cc1. The van der Waals surface area contributed by atoms with Gasteiger partial charge in [-0.05, 0) is 62.1 Å². The Hall–Kier alpha value is -2.95. The van der Waals surface area contributed by atoms with Crippen molar-refractivity contribution in [2.45, 2.75) is 42.7 Å². The smallest absolute Gasteiger partial charge is 0.240 e. The minimum atomic E-state index is -3.59. The zero-order valence-corrected chi connectivity index (χ0v) is 20.5. The molecule has 2 aromatic heterocycles. The van der Waals surface area contributed by atoms with Crippen LogP contribution in [0.25, 0.3) is 10.9 Å². The van der Waals surface area contributed by atoms with Crippen LogP contribution < -0.4 is 19.1 Å². The van der Waals surface area contributed by atoms with E-state index in [2.05, 4.69) is 14.6 Å². The fourth-order valence-electron chi connectivity index (χ4n) is 4.58. The summed E-state index contributed by atoms with van der Waals surface area (Å²) in [6.45, 7) is 2.91.